The second-order valence-corrected chi connectivity index (χ2v) is 2.52. The van der Waals surface area contributed by atoms with E-state index in [1.807, 2.05) is 0 Å². The molecule has 0 unspecified atom stereocenters. The lowest BCUT2D eigenvalue weighted by Crippen LogP contribution is -2.11. The largest absolute Gasteiger partial charge is 0.388 e. The van der Waals surface area contributed by atoms with E-state index in [-0.39, 0.29) is 5.78 Å². The first-order valence-electron chi connectivity index (χ1n) is 3.69. The molecule has 1 aromatic rings. The summed E-state index contributed by atoms with van der Waals surface area (Å²) in [4.78, 5) is 21.6. The Morgan fingerprint density at radius 1 is 1.15 bits per heavy atom. The van der Waals surface area contributed by atoms with E-state index in [0.717, 1.165) is 0 Å². The van der Waals surface area contributed by atoms with Gasteiger partial charge in [-0.15, -0.1) is 0 Å². The zero-order valence-electron chi connectivity index (χ0n) is 6.86. The zero-order chi connectivity index (χ0) is 9.84. The van der Waals surface area contributed by atoms with Gasteiger partial charge in [0.25, 0.3) is 0 Å². The van der Waals surface area contributed by atoms with Crippen molar-refractivity contribution in [2.24, 2.45) is 5.73 Å². The van der Waals surface area contributed by atoms with Crippen LogP contribution in [0.5, 0.6) is 0 Å². The number of benzene rings is 1. The van der Waals surface area contributed by atoms with Gasteiger partial charge in [-0.05, 0) is 12.1 Å². The second kappa shape index (κ2) is 3.82. The highest BCUT2D eigenvalue weighted by molar-refractivity contribution is 5.98. The molecule has 0 spiro atoms. The monoisotopic (exact) mass is 179 g/mol. The summed E-state index contributed by atoms with van der Waals surface area (Å²) in [6.45, 7) is -0.532. The van der Waals surface area contributed by atoms with Gasteiger partial charge >= 0.3 is 0 Å². The number of amides is 1. The topological polar surface area (TPSA) is 80.4 Å². The SMILES string of the molecule is NC(=O)c1ccc(C(=O)CO)cc1. The minimum Gasteiger partial charge on any atom is -0.388 e. The number of aliphatic hydroxyl groups excluding tert-OH is 1. The third-order valence-corrected chi connectivity index (χ3v) is 1.63. The normalized spacial score (nSPS) is 9.62. The lowest BCUT2D eigenvalue weighted by Gasteiger charge is -1.98. The van der Waals surface area contributed by atoms with Crippen LogP contribution >= 0.6 is 0 Å². The average Bonchev–Trinajstić information content (AvgIpc) is 2.17. The molecule has 0 aliphatic rings. The smallest absolute Gasteiger partial charge is 0.248 e. The van der Waals surface area contributed by atoms with Crippen LogP contribution in [0.15, 0.2) is 24.3 Å². The molecule has 0 aromatic heterocycles. The Bertz CT molecular complexity index is 329. The first kappa shape index (κ1) is 9.41. The van der Waals surface area contributed by atoms with Gasteiger partial charge in [-0.25, -0.2) is 0 Å². The second-order valence-electron chi connectivity index (χ2n) is 2.52. The first-order chi connectivity index (χ1) is 6.15. The molecule has 0 aliphatic carbocycles. The Morgan fingerprint density at radius 2 is 1.62 bits per heavy atom. The van der Waals surface area contributed by atoms with E-state index < -0.39 is 12.5 Å². The van der Waals surface area contributed by atoms with Crippen molar-refractivity contribution in [2.75, 3.05) is 6.61 Å². The molecule has 4 nitrogen and oxygen atoms in total. The summed E-state index contributed by atoms with van der Waals surface area (Å²) < 4.78 is 0. The summed E-state index contributed by atoms with van der Waals surface area (Å²) in [5.41, 5.74) is 5.71. The van der Waals surface area contributed by atoms with Gasteiger partial charge < -0.3 is 10.8 Å². The molecule has 13 heavy (non-hydrogen) atoms. The Hall–Kier alpha value is -1.68. The zero-order valence-corrected chi connectivity index (χ0v) is 6.86. The summed E-state index contributed by atoms with van der Waals surface area (Å²) >= 11 is 0. The molecule has 0 aliphatic heterocycles. The third-order valence-electron chi connectivity index (χ3n) is 1.63. The highest BCUT2D eigenvalue weighted by Gasteiger charge is 2.04. The van der Waals surface area contributed by atoms with Crippen LogP contribution in [0, 0.1) is 0 Å². The van der Waals surface area contributed by atoms with Crippen LogP contribution in [0.25, 0.3) is 0 Å². The number of Topliss-reactive ketones (excluding diaryl/α,β-unsaturated/α-hetero) is 1. The quantitative estimate of drug-likeness (QED) is 0.639. The van der Waals surface area contributed by atoms with Crippen molar-refractivity contribution in [3.63, 3.8) is 0 Å². The maximum absolute atomic E-state index is 10.9. The van der Waals surface area contributed by atoms with E-state index in [2.05, 4.69) is 0 Å². The van der Waals surface area contributed by atoms with Crippen molar-refractivity contribution in [1.82, 2.24) is 0 Å². The van der Waals surface area contributed by atoms with Crippen LogP contribution < -0.4 is 5.73 Å². The Morgan fingerprint density at radius 3 is 2.00 bits per heavy atom. The molecule has 0 heterocycles. The minimum atomic E-state index is -0.539. The van der Waals surface area contributed by atoms with Crippen molar-refractivity contribution >= 4 is 11.7 Å². The van der Waals surface area contributed by atoms with Crippen molar-refractivity contribution in [3.8, 4) is 0 Å². The predicted octanol–water partition coefficient (Wildman–Crippen LogP) is -0.0395. The van der Waals surface area contributed by atoms with Crippen LogP contribution in [0.4, 0.5) is 0 Å². The predicted molar refractivity (Wildman–Crippen MR) is 46.4 cm³/mol. The van der Waals surface area contributed by atoms with Crippen molar-refractivity contribution in [2.45, 2.75) is 0 Å². The molecule has 0 saturated carbocycles. The van der Waals surface area contributed by atoms with E-state index >= 15 is 0 Å². The van der Waals surface area contributed by atoms with Gasteiger partial charge in [-0.2, -0.15) is 0 Å². The number of ketones is 1. The van der Waals surface area contributed by atoms with Crippen LogP contribution in [-0.2, 0) is 0 Å². The fourth-order valence-electron chi connectivity index (χ4n) is 0.912. The molecule has 1 amide bonds. The molecular weight excluding hydrogens is 170 g/mol. The van der Waals surface area contributed by atoms with Gasteiger partial charge in [-0.3, -0.25) is 9.59 Å². The van der Waals surface area contributed by atoms with Crippen molar-refractivity contribution in [3.05, 3.63) is 35.4 Å². The summed E-state index contributed by atoms with van der Waals surface area (Å²) in [5, 5.41) is 8.53. The van der Waals surface area contributed by atoms with Gasteiger partial charge in [0.2, 0.25) is 5.91 Å². The van der Waals surface area contributed by atoms with Crippen LogP contribution in [-0.4, -0.2) is 23.4 Å². The lowest BCUT2D eigenvalue weighted by molar-refractivity contribution is 0.0902. The molecular formula is C9H9NO3. The highest BCUT2D eigenvalue weighted by Crippen LogP contribution is 2.04. The number of rotatable bonds is 3. The van der Waals surface area contributed by atoms with Gasteiger partial charge in [0.15, 0.2) is 5.78 Å². The van der Waals surface area contributed by atoms with Gasteiger partial charge in [0, 0.05) is 11.1 Å². The average molecular weight is 179 g/mol. The lowest BCUT2D eigenvalue weighted by atomic mass is 10.1. The number of primary amides is 1. The summed E-state index contributed by atoms with van der Waals surface area (Å²) in [6, 6.07) is 5.81. The van der Waals surface area contributed by atoms with Gasteiger partial charge in [-0.1, -0.05) is 12.1 Å². The van der Waals surface area contributed by atoms with E-state index in [1.54, 1.807) is 0 Å². The molecule has 0 radical (unpaired) electrons. The number of carbonyl (C=O) groups is 2. The Labute approximate surface area is 75.0 Å². The molecule has 0 fully saturated rings. The number of hydrogen-bond donors (Lipinski definition) is 2. The molecule has 0 saturated heterocycles. The Kier molecular flexibility index (Phi) is 2.76. The van der Waals surface area contributed by atoms with Crippen molar-refractivity contribution < 1.29 is 14.7 Å². The van der Waals surface area contributed by atoms with E-state index in [4.69, 9.17) is 10.8 Å². The van der Waals surface area contributed by atoms with E-state index in [9.17, 15) is 9.59 Å². The van der Waals surface area contributed by atoms with Crippen LogP contribution in [0.2, 0.25) is 0 Å². The highest BCUT2D eigenvalue weighted by atomic mass is 16.3. The molecule has 1 rings (SSSR count). The summed E-state index contributed by atoms with van der Waals surface area (Å²) in [7, 11) is 0. The van der Waals surface area contributed by atoms with E-state index in [0.29, 0.717) is 11.1 Å². The molecule has 0 bridgehead atoms. The van der Waals surface area contributed by atoms with Crippen LogP contribution in [0.1, 0.15) is 20.7 Å². The van der Waals surface area contributed by atoms with Crippen molar-refractivity contribution in [1.29, 1.82) is 0 Å². The molecule has 1 aromatic carbocycles. The molecule has 0 atom stereocenters. The first-order valence-corrected chi connectivity index (χ1v) is 3.69. The standard InChI is InChI=1S/C9H9NO3/c10-9(13)7-3-1-6(2-4-7)8(12)5-11/h1-4,11H,5H2,(H2,10,13). The van der Waals surface area contributed by atoms with Gasteiger partial charge in [0.05, 0.1) is 0 Å². The third kappa shape index (κ3) is 2.13. The number of nitrogens with two attached hydrogens (primary N) is 1. The number of carbonyl (C=O) groups excluding carboxylic acids is 2. The summed E-state index contributed by atoms with van der Waals surface area (Å²) in [6.07, 6.45) is 0. The molecule has 4 heteroatoms. The maximum Gasteiger partial charge on any atom is 0.248 e. The van der Waals surface area contributed by atoms with Gasteiger partial charge in [0.1, 0.15) is 6.61 Å². The maximum atomic E-state index is 10.9. The Balaban J connectivity index is 2.93. The minimum absolute atomic E-state index is 0.342. The van der Waals surface area contributed by atoms with E-state index in [1.165, 1.54) is 24.3 Å². The fraction of sp³-hybridized carbons (Fsp3) is 0.111. The van der Waals surface area contributed by atoms with Crippen LogP contribution in [0.3, 0.4) is 0 Å². The summed E-state index contributed by atoms with van der Waals surface area (Å²) in [5.74, 6) is -0.918. The molecule has 68 valence electrons. The number of aliphatic hydroxyl groups is 1. The fourth-order valence-corrected chi connectivity index (χ4v) is 0.912. The molecule has 3 N–H and O–H groups in total. The number of hydrogen-bond acceptors (Lipinski definition) is 3.